The molecule has 94 valence electrons. The van der Waals surface area contributed by atoms with E-state index in [1.807, 2.05) is 12.1 Å². The van der Waals surface area contributed by atoms with Gasteiger partial charge < -0.3 is 5.73 Å². The van der Waals surface area contributed by atoms with Crippen LogP contribution in [0.4, 0.5) is 5.69 Å². The van der Waals surface area contributed by atoms with Crippen LogP contribution in [-0.4, -0.2) is 9.55 Å². The standard InChI is InChI=1S/C11H9Br2N3O2/c12-7-2-1-3-9(14)6(7)4-16-5-8(13)10(17)15-11(16)18/h1-3,5H,4,14H2,(H,15,17,18). The molecule has 0 saturated carbocycles. The van der Waals surface area contributed by atoms with E-state index < -0.39 is 11.2 Å². The SMILES string of the molecule is Nc1cccc(Br)c1Cn1cc(Br)c(=O)[nH]c1=O. The molecule has 0 atom stereocenters. The molecule has 18 heavy (non-hydrogen) atoms. The Hall–Kier alpha value is -1.34. The van der Waals surface area contributed by atoms with Crippen molar-refractivity contribution in [3.63, 3.8) is 0 Å². The van der Waals surface area contributed by atoms with Gasteiger partial charge in [0, 0.05) is 21.9 Å². The topological polar surface area (TPSA) is 80.9 Å². The number of benzene rings is 1. The molecule has 2 rings (SSSR count). The molecule has 2 aromatic rings. The van der Waals surface area contributed by atoms with Crippen LogP contribution in [0, 0.1) is 0 Å². The number of anilines is 1. The van der Waals surface area contributed by atoms with Crippen LogP contribution in [0.1, 0.15) is 5.56 Å². The maximum atomic E-state index is 11.6. The summed E-state index contributed by atoms with van der Waals surface area (Å²) in [6, 6.07) is 5.41. The molecule has 0 aliphatic heterocycles. The van der Waals surface area contributed by atoms with Gasteiger partial charge in [0.1, 0.15) is 0 Å². The van der Waals surface area contributed by atoms with Gasteiger partial charge in [0.2, 0.25) is 0 Å². The zero-order valence-electron chi connectivity index (χ0n) is 9.11. The highest BCUT2D eigenvalue weighted by molar-refractivity contribution is 9.10. The summed E-state index contributed by atoms with van der Waals surface area (Å²) < 4.78 is 2.49. The van der Waals surface area contributed by atoms with Crippen molar-refractivity contribution in [1.29, 1.82) is 0 Å². The Morgan fingerprint density at radius 1 is 1.22 bits per heavy atom. The molecule has 5 nitrogen and oxygen atoms in total. The fourth-order valence-corrected chi connectivity index (χ4v) is 2.37. The minimum atomic E-state index is -0.474. The Kier molecular flexibility index (Phi) is 3.72. The summed E-state index contributed by atoms with van der Waals surface area (Å²) in [4.78, 5) is 25.1. The van der Waals surface area contributed by atoms with E-state index in [1.165, 1.54) is 10.8 Å². The lowest BCUT2D eigenvalue weighted by Gasteiger charge is -2.10. The zero-order valence-corrected chi connectivity index (χ0v) is 12.3. The highest BCUT2D eigenvalue weighted by Crippen LogP contribution is 2.23. The molecule has 0 radical (unpaired) electrons. The van der Waals surface area contributed by atoms with E-state index in [1.54, 1.807) is 6.07 Å². The molecule has 0 saturated heterocycles. The van der Waals surface area contributed by atoms with Crippen LogP contribution in [0.3, 0.4) is 0 Å². The number of rotatable bonds is 2. The third-order valence-corrected chi connectivity index (χ3v) is 3.76. The fraction of sp³-hybridized carbons (Fsp3) is 0.0909. The van der Waals surface area contributed by atoms with Crippen molar-refractivity contribution < 1.29 is 0 Å². The Labute approximate surface area is 119 Å². The summed E-state index contributed by atoms with van der Waals surface area (Å²) in [5.74, 6) is 0. The average Bonchev–Trinajstić information content (AvgIpc) is 2.30. The van der Waals surface area contributed by atoms with Gasteiger partial charge in [-0.3, -0.25) is 14.3 Å². The predicted molar refractivity (Wildman–Crippen MR) is 76.7 cm³/mol. The lowest BCUT2D eigenvalue weighted by molar-refractivity contribution is 0.715. The van der Waals surface area contributed by atoms with Crippen LogP contribution < -0.4 is 17.0 Å². The number of H-pyrrole nitrogens is 1. The third kappa shape index (κ3) is 2.56. The second-order valence-corrected chi connectivity index (χ2v) is 5.38. The molecule has 1 aromatic heterocycles. The van der Waals surface area contributed by atoms with Crippen molar-refractivity contribution in [3.05, 3.63) is 59.7 Å². The molecule has 1 heterocycles. The summed E-state index contributed by atoms with van der Waals surface area (Å²) in [6.07, 6.45) is 1.44. The molecule has 0 bridgehead atoms. The average molecular weight is 375 g/mol. The minimum absolute atomic E-state index is 0.279. The maximum Gasteiger partial charge on any atom is 0.328 e. The number of nitrogens with zero attached hydrogens (tertiary/aromatic N) is 1. The number of nitrogens with two attached hydrogens (primary N) is 1. The Morgan fingerprint density at radius 3 is 2.61 bits per heavy atom. The number of hydrogen-bond acceptors (Lipinski definition) is 3. The molecule has 0 unspecified atom stereocenters. The monoisotopic (exact) mass is 373 g/mol. The Bertz CT molecular complexity index is 686. The Balaban J connectivity index is 2.50. The number of halogens is 2. The summed E-state index contributed by atoms with van der Waals surface area (Å²) in [5, 5.41) is 0. The van der Waals surface area contributed by atoms with E-state index in [9.17, 15) is 9.59 Å². The zero-order chi connectivity index (χ0) is 13.3. The molecule has 0 aliphatic rings. The Morgan fingerprint density at radius 2 is 1.94 bits per heavy atom. The van der Waals surface area contributed by atoms with Gasteiger partial charge in [-0.25, -0.2) is 4.79 Å². The molecular formula is C11H9Br2N3O2. The van der Waals surface area contributed by atoms with E-state index in [0.717, 1.165) is 10.0 Å². The van der Waals surface area contributed by atoms with E-state index in [-0.39, 0.29) is 6.54 Å². The fourth-order valence-electron chi connectivity index (χ4n) is 1.51. The van der Waals surface area contributed by atoms with Gasteiger partial charge in [-0.1, -0.05) is 22.0 Å². The molecule has 0 aliphatic carbocycles. The van der Waals surface area contributed by atoms with Crippen molar-refractivity contribution >= 4 is 37.5 Å². The van der Waals surface area contributed by atoms with Gasteiger partial charge in [-0.15, -0.1) is 0 Å². The first-order valence-corrected chi connectivity index (χ1v) is 6.60. The lowest BCUT2D eigenvalue weighted by atomic mass is 10.2. The van der Waals surface area contributed by atoms with Crippen molar-refractivity contribution in [1.82, 2.24) is 9.55 Å². The lowest BCUT2D eigenvalue weighted by Crippen LogP contribution is -2.30. The van der Waals surface area contributed by atoms with Crippen molar-refractivity contribution in [2.24, 2.45) is 0 Å². The van der Waals surface area contributed by atoms with Crippen molar-refractivity contribution in [3.8, 4) is 0 Å². The van der Waals surface area contributed by atoms with Crippen LogP contribution in [0.25, 0.3) is 0 Å². The van der Waals surface area contributed by atoms with Gasteiger partial charge in [0.05, 0.1) is 11.0 Å². The molecule has 7 heteroatoms. The van der Waals surface area contributed by atoms with E-state index in [0.29, 0.717) is 10.2 Å². The van der Waals surface area contributed by atoms with E-state index in [2.05, 4.69) is 36.8 Å². The largest absolute Gasteiger partial charge is 0.398 e. The normalized spacial score (nSPS) is 10.6. The predicted octanol–water partition coefficient (Wildman–Crippen LogP) is 1.69. The highest BCUT2D eigenvalue weighted by atomic mass is 79.9. The number of nitrogens with one attached hydrogen (secondary N) is 1. The smallest absolute Gasteiger partial charge is 0.328 e. The molecule has 0 spiro atoms. The summed E-state index contributed by atoms with van der Waals surface area (Å²) in [5.41, 5.74) is 6.31. The van der Waals surface area contributed by atoms with Gasteiger partial charge in [-0.05, 0) is 28.1 Å². The van der Waals surface area contributed by atoms with Crippen LogP contribution in [0.2, 0.25) is 0 Å². The van der Waals surface area contributed by atoms with Crippen LogP contribution in [0.5, 0.6) is 0 Å². The van der Waals surface area contributed by atoms with Crippen molar-refractivity contribution in [2.45, 2.75) is 6.54 Å². The summed E-state index contributed by atoms with van der Waals surface area (Å²) in [7, 11) is 0. The maximum absolute atomic E-state index is 11.6. The number of hydrogen-bond donors (Lipinski definition) is 2. The quantitative estimate of drug-likeness (QED) is 0.785. The van der Waals surface area contributed by atoms with E-state index >= 15 is 0 Å². The second kappa shape index (κ2) is 5.11. The summed E-state index contributed by atoms with van der Waals surface area (Å²) >= 11 is 6.47. The van der Waals surface area contributed by atoms with Gasteiger partial charge in [0.25, 0.3) is 5.56 Å². The number of aromatic amines is 1. The minimum Gasteiger partial charge on any atom is -0.398 e. The van der Waals surface area contributed by atoms with Crippen LogP contribution in [-0.2, 0) is 6.54 Å². The van der Waals surface area contributed by atoms with Crippen LogP contribution in [0.15, 0.2) is 42.9 Å². The molecular weight excluding hydrogens is 366 g/mol. The number of aromatic nitrogens is 2. The van der Waals surface area contributed by atoms with Crippen LogP contribution >= 0.6 is 31.9 Å². The first-order chi connectivity index (χ1) is 8.49. The molecule has 0 fully saturated rings. The van der Waals surface area contributed by atoms with E-state index in [4.69, 9.17) is 5.73 Å². The molecule has 3 N–H and O–H groups in total. The first kappa shape index (κ1) is 13.1. The first-order valence-electron chi connectivity index (χ1n) is 5.01. The van der Waals surface area contributed by atoms with Gasteiger partial charge in [0.15, 0.2) is 0 Å². The van der Waals surface area contributed by atoms with Gasteiger partial charge >= 0.3 is 5.69 Å². The summed E-state index contributed by atoms with van der Waals surface area (Å²) in [6.45, 7) is 0.279. The third-order valence-electron chi connectivity index (χ3n) is 2.45. The second-order valence-electron chi connectivity index (χ2n) is 3.67. The highest BCUT2D eigenvalue weighted by Gasteiger charge is 2.08. The van der Waals surface area contributed by atoms with Crippen molar-refractivity contribution in [2.75, 3.05) is 5.73 Å². The van der Waals surface area contributed by atoms with Gasteiger partial charge in [-0.2, -0.15) is 0 Å². The molecule has 0 amide bonds. The molecule has 1 aromatic carbocycles. The number of nitrogen functional groups attached to an aromatic ring is 1.